The minimum absolute atomic E-state index is 0.0345. The fourth-order valence-corrected chi connectivity index (χ4v) is 2.80. The van der Waals surface area contributed by atoms with Gasteiger partial charge in [0.05, 0.1) is 12.7 Å². The maximum Gasteiger partial charge on any atom is 0.410 e. The lowest BCUT2D eigenvalue weighted by molar-refractivity contribution is 0.0439. The van der Waals surface area contributed by atoms with Crippen LogP contribution in [-0.2, 0) is 15.9 Å². The van der Waals surface area contributed by atoms with Gasteiger partial charge in [-0.05, 0) is 50.8 Å². The molecule has 0 aromatic heterocycles. The smallest absolute Gasteiger partial charge is 0.410 e. The summed E-state index contributed by atoms with van der Waals surface area (Å²) in [5, 5.41) is 0. The number of amides is 1. The zero-order valence-corrected chi connectivity index (χ0v) is 14.3. The number of likely N-dealkylation sites (N-methyl/N-ethyl adjacent to an activating group) is 1. The zero-order valence-electron chi connectivity index (χ0n) is 14.3. The van der Waals surface area contributed by atoms with E-state index >= 15 is 0 Å². The molecule has 2 aliphatic rings. The lowest BCUT2D eigenvalue weighted by Crippen LogP contribution is -2.40. The van der Waals surface area contributed by atoms with E-state index in [9.17, 15) is 4.79 Å². The van der Waals surface area contributed by atoms with Crippen LogP contribution in [0, 0.1) is 0 Å². The van der Waals surface area contributed by atoms with Gasteiger partial charge in [-0.15, -0.1) is 0 Å². The summed E-state index contributed by atoms with van der Waals surface area (Å²) < 4.78 is 21.5. The van der Waals surface area contributed by atoms with Crippen molar-refractivity contribution in [3.8, 4) is 11.5 Å². The van der Waals surface area contributed by atoms with Crippen molar-refractivity contribution in [2.24, 2.45) is 0 Å². The highest BCUT2D eigenvalue weighted by Crippen LogP contribution is 2.33. The van der Waals surface area contributed by atoms with Crippen molar-refractivity contribution in [1.82, 2.24) is 4.90 Å². The average molecular weight is 335 g/mol. The van der Waals surface area contributed by atoms with Crippen LogP contribution < -0.4 is 9.47 Å². The van der Waals surface area contributed by atoms with Crippen LogP contribution in [0.3, 0.4) is 0 Å². The van der Waals surface area contributed by atoms with Gasteiger partial charge in [-0.25, -0.2) is 4.79 Å². The van der Waals surface area contributed by atoms with E-state index in [-0.39, 0.29) is 18.9 Å². The molecule has 1 atom stereocenters. The van der Waals surface area contributed by atoms with Crippen molar-refractivity contribution in [1.29, 1.82) is 0 Å². The fraction of sp³-hybridized carbons (Fsp3) is 0.611. The Balaban J connectivity index is 1.48. The molecule has 1 aliphatic carbocycles. The molecule has 3 rings (SSSR count). The molecule has 0 N–H and O–H groups in total. The van der Waals surface area contributed by atoms with Crippen molar-refractivity contribution >= 4 is 6.09 Å². The van der Waals surface area contributed by atoms with E-state index in [1.165, 1.54) is 0 Å². The van der Waals surface area contributed by atoms with Gasteiger partial charge in [0, 0.05) is 12.6 Å². The normalized spacial score (nSPS) is 16.8. The van der Waals surface area contributed by atoms with Crippen molar-refractivity contribution in [2.45, 2.75) is 45.3 Å². The Kier molecular flexibility index (Phi) is 5.45. The van der Waals surface area contributed by atoms with Crippen LogP contribution in [0.5, 0.6) is 11.5 Å². The number of fused-ring (bicyclic) bond motifs is 1. The minimum Gasteiger partial charge on any atom is -0.454 e. The second kappa shape index (κ2) is 7.75. The third-order valence-corrected chi connectivity index (χ3v) is 4.26. The highest BCUT2D eigenvalue weighted by Gasteiger charge is 2.23. The molecule has 1 saturated carbocycles. The van der Waals surface area contributed by atoms with Crippen molar-refractivity contribution < 1.29 is 23.7 Å². The Hall–Kier alpha value is -1.95. The highest BCUT2D eigenvalue weighted by atomic mass is 16.7. The maximum absolute atomic E-state index is 12.3. The molecule has 24 heavy (non-hydrogen) atoms. The molecule has 0 saturated heterocycles. The lowest BCUT2D eigenvalue weighted by atomic mass is 10.1. The van der Waals surface area contributed by atoms with Gasteiger partial charge in [0.25, 0.3) is 0 Å². The Labute approximate surface area is 142 Å². The first-order valence-corrected chi connectivity index (χ1v) is 8.61. The molecule has 1 fully saturated rings. The predicted molar refractivity (Wildman–Crippen MR) is 88.4 cm³/mol. The monoisotopic (exact) mass is 335 g/mol. The van der Waals surface area contributed by atoms with Gasteiger partial charge < -0.3 is 23.8 Å². The third kappa shape index (κ3) is 4.32. The van der Waals surface area contributed by atoms with E-state index in [1.807, 2.05) is 32.0 Å². The van der Waals surface area contributed by atoms with Crippen LogP contribution in [-0.4, -0.2) is 49.7 Å². The first-order chi connectivity index (χ1) is 11.7. The van der Waals surface area contributed by atoms with E-state index in [4.69, 9.17) is 18.9 Å². The molecule has 1 aromatic carbocycles. The number of ether oxygens (including phenoxy) is 4. The summed E-state index contributed by atoms with van der Waals surface area (Å²) in [6.07, 6.45) is 3.09. The summed E-state index contributed by atoms with van der Waals surface area (Å²) >= 11 is 0. The molecule has 0 spiro atoms. The molecule has 0 bridgehead atoms. The van der Waals surface area contributed by atoms with Gasteiger partial charge in [0.2, 0.25) is 6.79 Å². The largest absolute Gasteiger partial charge is 0.454 e. The van der Waals surface area contributed by atoms with Gasteiger partial charge in [0.15, 0.2) is 11.5 Å². The first-order valence-electron chi connectivity index (χ1n) is 8.61. The van der Waals surface area contributed by atoms with E-state index in [0.29, 0.717) is 25.9 Å². The SMILES string of the molecule is CCN(C(=O)OCCOC1CC1)C(C)Cc1ccc2c(c1)OCO2. The molecule has 0 radical (unpaired) electrons. The van der Waals surface area contributed by atoms with E-state index in [0.717, 1.165) is 36.3 Å². The zero-order chi connectivity index (χ0) is 16.9. The van der Waals surface area contributed by atoms with Crippen LogP contribution >= 0.6 is 0 Å². The van der Waals surface area contributed by atoms with Crippen LogP contribution in [0.1, 0.15) is 32.3 Å². The number of hydrogen-bond donors (Lipinski definition) is 0. The Morgan fingerprint density at radius 1 is 1.29 bits per heavy atom. The molecule has 1 unspecified atom stereocenters. The lowest BCUT2D eigenvalue weighted by Gasteiger charge is -2.27. The molecule has 1 amide bonds. The fourth-order valence-electron chi connectivity index (χ4n) is 2.80. The Morgan fingerprint density at radius 2 is 2.08 bits per heavy atom. The van der Waals surface area contributed by atoms with Gasteiger partial charge >= 0.3 is 6.09 Å². The standard InChI is InChI=1S/C18H25NO5/c1-3-19(18(20)22-9-8-21-15-5-6-15)13(2)10-14-4-7-16-17(11-14)24-12-23-16/h4,7,11,13,15H,3,5-6,8-10,12H2,1-2H3. The maximum atomic E-state index is 12.3. The number of carbonyl (C=O) groups excluding carboxylic acids is 1. The average Bonchev–Trinajstić information content (AvgIpc) is 3.28. The number of nitrogens with zero attached hydrogens (tertiary/aromatic N) is 1. The molecule has 1 aromatic rings. The van der Waals surface area contributed by atoms with Crippen molar-refractivity contribution in [3.63, 3.8) is 0 Å². The van der Waals surface area contributed by atoms with Crippen molar-refractivity contribution in [3.05, 3.63) is 23.8 Å². The van der Waals surface area contributed by atoms with Crippen molar-refractivity contribution in [2.75, 3.05) is 26.6 Å². The second-order valence-corrected chi connectivity index (χ2v) is 6.21. The number of benzene rings is 1. The highest BCUT2D eigenvalue weighted by molar-refractivity contribution is 5.68. The van der Waals surface area contributed by atoms with Crippen LogP contribution in [0.4, 0.5) is 4.79 Å². The molecule has 6 nitrogen and oxygen atoms in total. The summed E-state index contributed by atoms with van der Waals surface area (Å²) in [5.74, 6) is 1.54. The number of rotatable bonds is 8. The molecular formula is C18H25NO5. The summed E-state index contributed by atoms with van der Waals surface area (Å²) in [6, 6.07) is 5.93. The van der Waals surface area contributed by atoms with E-state index < -0.39 is 0 Å². The van der Waals surface area contributed by atoms with Crippen LogP contribution in [0.2, 0.25) is 0 Å². The topological polar surface area (TPSA) is 57.2 Å². The summed E-state index contributed by atoms with van der Waals surface area (Å²) in [6.45, 7) is 5.64. The molecule has 1 aliphatic heterocycles. The predicted octanol–water partition coefficient (Wildman–Crippen LogP) is 2.98. The van der Waals surface area contributed by atoms with Crippen LogP contribution in [0.15, 0.2) is 18.2 Å². The molecular weight excluding hydrogens is 310 g/mol. The van der Waals surface area contributed by atoms with Gasteiger partial charge in [-0.2, -0.15) is 0 Å². The Bertz CT molecular complexity index is 573. The first kappa shape index (κ1) is 16.9. The van der Waals surface area contributed by atoms with E-state index in [1.54, 1.807) is 4.90 Å². The quantitative estimate of drug-likeness (QED) is 0.684. The molecule has 132 valence electrons. The second-order valence-electron chi connectivity index (χ2n) is 6.21. The molecule has 1 heterocycles. The van der Waals surface area contributed by atoms with E-state index in [2.05, 4.69) is 0 Å². The number of carbonyl (C=O) groups is 1. The van der Waals surface area contributed by atoms with Crippen LogP contribution in [0.25, 0.3) is 0 Å². The van der Waals surface area contributed by atoms with Gasteiger partial charge in [-0.1, -0.05) is 6.07 Å². The summed E-state index contributed by atoms with van der Waals surface area (Å²) in [7, 11) is 0. The number of hydrogen-bond acceptors (Lipinski definition) is 5. The summed E-state index contributed by atoms with van der Waals surface area (Å²) in [5.41, 5.74) is 1.11. The third-order valence-electron chi connectivity index (χ3n) is 4.26. The Morgan fingerprint density at radius 3 is 2.83 bits per heavy atom. The minimum atomic E-state index is -0.287. The molecule has 6 heteroatoms. The van der Waals surface area contributed by atoms with Gasteiger partial charge in [-0.3, -0.25) is 0 Å². The summed E-state index contributed by atoms with van der Waals surface area (Å²) in [4.78, 5) is 14.0. The van der Waals surface area contributed by atoms with Gasteiger partial charge in [0.1, 0.15) is 6.61 Å².